The Morgan fingerprint density at radius 3 is 2.76 bits per heavy atom. The van der Waals surface area contributed by atoms with Crippen molar-refractivity contribution in [1.29, 1.82) is 0 Å². The van der Waals surface area contributed by atoms with Gasteiger partial charge in [0.1, 0.15) is 0 Å². The number of nitrogens with zero attached hydrogens (tertiary/aromatic N) is 2. The van der Waals surface area contributed by atoms with Crippen LogP contribution in [-0.2, 0) is 0 Å². The predicted molar refractivity (Wildman–Crippen MR) is 74.3 cm³/mol. The molecule has 4 nitrogen and oxygen atoms in total. The van der Waals surface area contributed by atoms with Crippen molar-refractivity contribution in [1.82, 2.24) is 10.2 Å². The SMILES string of the molecule is CCCCN=C(N)NCCN(C)C1CCCC1. The summed E-state index contributed by atoms with van der Waals surface area (Å²) in [6.07, 6.45) is 7.78. The van der Waals surface area contributed by atoms with E-state index in [4.69, 9.17) is 5.73 Å². The molecule has 0 unspecified atom stereocenters. The van der Waals surface area contributed by atoms with Gasteiger partial charge in [0.15, 0.2) is 5.96 Å². The third kappa shape index (κ3) is 5.91. The lowest BCUT2D eigenvalue weighted by Gasteiger charge is -2.23. The van der Waals surface area contributed by atoms with E-state index in [0.717, 1.165) is 32.1 Å². The van der Waals surface area contributed by atoms with E-state index in [1.54, 1.807) is 0 Å². The second-order valence-electron chi connectivity index (χ2n) is 4.97. The number of hydrogen-bond acceptors (Lipinski definition) is 2. The lowest BCUT2D eigenvalue weighted by Crippen LogP contribution is -2.40. The smallest absolute Gasteiger partial charge is 0.188 e. The number of nitrogens with one attached hydrogen (secondary N) is 1. The maximum atomic E-state index is 5.77. The van der Waals surface area contributed by atoms with Gasteiger partial charge in [-0.2, -0.15) is 0 Å². The lowest BCUT2D eigenvalue weighted by atomic mass is 10.2. The molecular weight excluding hydrogens is 212 g/mol. The molecule has 1 rings (SSSR count). The molecule has 100 valence electrons. The Kier molecular flexibility index (Phi) is 7.01. The summed E-state index contributed by atoms with van der Waals surface area (Å²) in [5.74, 6) is 0.596. The highest BCUT2D eigenvalue weighted by molar-refractivity contribution is 5.77. The zero-order valence-corrected chi connectivity index (χ0v) is 11.4. The molecule has 1 aliphatic carbocycles. The molecule has 0 aliphatic heterocycles. The van der Waals surface area contributed by atoms with Crippen LogP contribution in [0.5, 0.6) is 0 Å². The van der Waals surface area contributed by atoms with Gasteiger partial charge in [0.25, 0.3) is 0 Å². The topological polar surface area (TPSA) is 53.6 Å². The first-order valence-electron chi connectivity index (χ1n) is 6.98. The summed E-state index contributed by atoms with van der Waals surface area (Å²) in [7, 11) is 2.21. The molecule has 3 N–H and O–H groups in total. The summed E-state index contributed by atoms with van der Waals surface area (Å²) in [6.45, 7) is 4.95. The molecule has 0 spiro atoms. The highest BCUT2D eigenvalue weighted by atomic mass is 15.2. The van der Waals surface area contributed by atoms with E-state index in [9.17, 15) is 0 Å². The van der Waals surface area contributed by atoms with E-state index in [1.807, 2.05) is 0 Å². The van der Waals surface area contributed by atoms with Crippen LogP contribution < -0.4 is 11.1 Å². The van der Waals surface area contributed by atoms with Crippen LogP contribution in [0.1, 0.15) is 45.4 Å². The van der Waals surface area contributed by atoms with E-state index < -0.39 is 0 Å². The summed E-state index contributed by atoms with van der Waals surface area (Å²) in [5.41, 5.74) is 5.77. The van der Waals surface area contributed by atoms with Crippen molar-refractivity contribution in [2.24, 2.45) is 10.7 Å². The molecule has 1 aliphatic rings. The molecule has 0 saturated heterocycles. The van der Waals surface area contributed by atoms with Gasteiger partial charge in [-0.25, -0.2) is 0 Å². The minimum Gasteiger partial charge on any atom is -0.370 e. The number of hydrogen-bond donors (Lipinski definition) is 2. The largest absolute Gasteiger partial charge is 0.370 e. The van der Waals surface area contributed by atoms with Crippen LogP contribution in [0.2, 0.25) is 0 Å². The van der Waals surface area contributed by atoms with Crippen molar-refractivity contribution in [3.63, 3.8) is 0 Å². The van der Waals surface area contributed by atoms with E-state index in [1.165, 1.54) is 32.1 Å². The van der Waals surface area contributed by atoms with Crippen molar-refractivity contribution in [2.75, 3.05) is 26.7 Å². The number of unbranched alkanes of at least 4 members (excludes halogenated alkanes) is 1. The van der Waals surface area contributed by atoms with Gasteiger partial charge in [-0.3, -0.25) is 4.99 Å². The second kappa shape index (κ2) is 8.34. The van der Waals surface area contributed by atoms with Crippen LogP contribution >= 0.6 is 0 Å². The van der Waals surface area contributed by atoms with Gasteiger partial charge in [0.05, 0.1) is 0 Å². The Balaban J connectivity index is 2.07. The summed E-state index contributed by atoms with van der Waals surface area (Å²) in [5, 5.41) is 3.18. The maximum Gasteiger partial charge on any atom is 0.188 e. The monoisotopic (exact) mass is 240 g/mol. The first-order chi connectivity index (χ1) is 8.24. The molecule has 17 heavy (non-hydrogen) atoms. The molecule has 1 fully saturated rings. The number of rotatable bonds is 7. The molecule has 0 aromatic heterocycles. The van der Waals surface area contributed by atoms with Gasteiger partial charge in [-0.1, -0.05) is 26.2 Å². The van der Waals surface area contributed by atoms with Gasteiger partial charge in [-0.05, 0) is 26.3 Å². The van der Waals surface area contributed by atoms with Crippen LogP contribution in [0, 0.1) is 0 Å². The molecule has 0 heterocycles. The number of nitrogens with two attached hydrogens (primary N) is 1. The fraction of sp³-hybridized carbons (Fsp3) is 0.923. The Labute approximate surface area is 106 Å². The lowest BCUT2D eigenvalue weighted by molar-refractivity contribution is 0.249. The van der Waals surface area contributed by atoms with Crippen LogP contribution in [0.4, 0.5) is 0 Å². The summed E-state index contributed by atoms with van der Waals surface area (Å²) < 4.78 is 0. The minimum absolute atomic E-state index is 0.596. The minimum atomic E-state index is 0.596. The number of guanidine groups is 1. The maximum absolute atomic E-state index is 5.77. The van der Waals surface area contributed by atoms with Gasteiger partial charge >= 0.3 is 0 Å². The zero-order chi connectivity index (χ0) is 12.5. The van der Waals surface area contributed by atoms with Gasteiger partial charge in [0, 0.05) is 25.7 Å². The Morgan fingerprint density at radius 1 is 1.41 bits per heavy atom. The molecule has 1 saturated carbocycles. The average molecular weight is 240 g/mol. The van der Waals surface area contributed by atoms with Gasteiger partial charge < -0.3 is 16.0 Å². The fourth-order valence-corrected chi connectivity index (χ4v) is 2.30. The van der Waals surface area contributed by atoms with Crippen molar-refractivity contribution in [3.8, 4) is 0 Å². The standard InChI is InChI=1S/C13H28N4/c1-3-4-9-15-13(14)16-10-11-17(2)12-7-5-6-8-12/h12H,3-11H2,1-2H3,(H3,14,15,16). The second-order valence-corrected chi connectivity index (χ2v) is 4.97. The normalized spacial score (nSPS) is 17.9. The molecule has 0 aromatic rings. The van der Waals surface area contributed by atoms with Crippen molar-refractivity contribution in [3.05, 3.63) is 0 Å². The number of likely N-dealkylation sites (N-methyl/N-ethyl adjacent to an activating group) is 1. The highest BCUT2D eigenvalue weighted by Crippen LogP contribution is 2.21. The summed E-state index contributed by atoms with van der Waals surface area (Å²) >= 11 is 0. The van der Waals surface area contributed by atoms with Crippen LogP contribution in [0.3, 0.4) is 0 Å². The fourth-order valence-electron chi connectivity index (χ4n) is 2.30. The van der Waals surface area contributed by atoms with Crippen LogP contribution in [0.25, 0.3) is 0 Å². The van der Waals surface area contributed by atoms with E-state index in [2.05, 4.69) is 29.2 Å². The Morgan fingerprint density at radius 2 is 2.12 bits per heavy atom. The van der Waals surface area contributed by atoms with Gasteiger partial charge in [0.2, 0.25) is 0 Å². The third-order valence-corrected chi connectivity index (χ3v) is 3.51. The molecular formula is C13H28N4. The molecule has 0 aromatic carbocycles. The third-order valence-electron chi connectivity index (χ3n) is 3.51. The number of aliphatic imine (C=N–C) groups is 1. The molecule has 4 heteroatoms. The molecule has 0 radical (unpaired) electrons. The first kappa shape index (κ1) is 14.3. The highest BCUT2D eigenvalue weighted by Gasteiger charge is 2.18. The molecule has 0 amide bonds. The van der Waals surface area contributed by atoms with Crippen LogP contribution in [0.15, 0.2) is 4.99 Å². The Hall–Kier alpha value is -0.770. The van der Waals surface area contributed by atoms with E-state index >= 15 is 0 Å². The quantitative estimate of drug-likeness (QED) is 0.403. The molecule has 0 bridgehead atoms. The van der Waals surface area contributed by atoms with Crippen molar-refractivity contribution >= 4 is 5.96 Å². The van der Waals surface area contributed by atoms with Gasteiger partial charge in [-0.15, -0.1) is 0 Å². The first-order valence-corrected chi connectivity index (χ1v) is 6.98. The van der Waals surface area contributed by atoms with Crippen molar-refractivity contribution in [2.45, 2.75) is 51.5 Å². The Bertz CT molecular complexity index is 221. The summed E-state index contributed by atoms with van der Waals surface area (Å²) in [6, 6.07) is 0.787. The van der Waals surface area contributed by atoms with Crippen molar-refractivity contribution < 1.29 is 0 Å². The van der Waals surface area contributed by atoms with E-state index in [0.29, 0.717) is 5.96 Å². The van der Waals surface area contributed by atoms with Crippen LogP contribution in [-0.4, -0.2) is 43.6 Å². The average Bonchev–Trinajstić information content (AvgIpc) is 2.82. The summed E-state index contributed by atoms with van der Waals surface area (Å²) in [4.78, 5) is 6.72. The predicted octanol–water partition coefficient (Wildman–Crippen LogP) is 1.57. The molecule has 0 atom stereocenters. The van der Waals surface area contributed by atoms with E-state index in [-0.39, 0.29) is 0 Å². The zero-order valence-electron chi connectivity index (χ0n) is 11.4.